The van der Waals surface area contributed by atoms with Gasteiger partial charge in [0.2, 0.25) is 0 Å². The molecular weight excluding hydrogens is 413 g/mol. The van der Waals surface area contributed by atoms with Crippen LogP contribution < -0.4 is 10.6 Å². The van der Waals surface area contributed by atoms with Crippen LogP contribution in [0.3, 0.4) is 0 Å². The number of nitrogens with zero attached hydrogens (tertiary/aromatic N) is 1. The number of hydrogen-bond acceptors (Lipinski definition) is 4. The molecule has 3 aromatic rings. The average molecular weight is 423 g/mol. The number of halogens is 1. The number of amides is 1. The van der Waals surface area contributed by atoms with E-state index in [9.17, 15) is 4.79 Å². The third-order valence-corrected chi connectivity index (χ3v) is 3.69. The Balaban J connectivity index is 1.68. The molecule has 0 aliphatic carbocycles. The van der Waals surface area contributed by atoms with Gasteiger partial charge in [0.25, 0.3) is 5.91 Å². The summed E-state index contributed by atoms with van der Waals surface area (Å²) in [6.07, 6.45) is 1.70. The molecule has 7 heteroatoms. The molecule has 0 fully saturated rings. The standard InChI is InChI=1S/C15H10IN3O2S/c16-10-5-6-13(17-8-10)18-15(22)19-14(20)12-7-9-3-1-2-4-11(9)21-12/h1-8H,(H2,17,18,19,20,22). The second-order valence-electron chi connectivity index (χ2n) is 4.42. The summed E-state index contributed by atoms with van der Waals surface area (Å²) in [6.45, 7) is 0. The Bertz CT molecular complexity index is 812. The van der Waals surface area contributed by atoms with E-state index in [1.54, 1.807) is 24.4 Å². The first kappa shape index (κ1) is 14.9. The highest BCUT2D eigenvalue weighted by atomic mass is 127. The molecule has 0 saturated carbocycles. The maximum absolute atomic E-state index is 12.1. The Morgan fingerprint density at radius 3 is 2.77 bits per heavy atom. The summed E-state index contributed by atoms with van der Waals surface area (Å²) < 4.78 is 6.49. The molecule has 0 aliphatic rings. The van der Waals surface area contributed by atoms with Gasteiger partial charge >= 0.3 is 0 Å². The summed E-state index contributed by atoms with van der Waals surface area (Å²) >= 11 is 7.26. The van der Waals surface area contributed by atoms with Crippen LogP contribution in [0.25, 0.3) is 11.0 Å². The summed E-state index contributed by atoms with van der Waals surface area (Å²) in [6, 6.07) is 12.8. The number of carbonyl (C=O) groups is 1. The molecule has 5 nitrogen and oxygen atoms in total. The first-order valence-electron chi connectivity index (χ1n) is 6.34. The average Bonchev–Trinajstić information content (AvgIpc) is 2.93. The van der Waals surface area contributed by atoms with Gasteiger partial charge < -0.3 is 9.73 Å². The van der Waals surface area contributed by atoms with E-state index in [4.69, 9.17) is 16.6 Å². The van der Waals surface area contributed by atoms with Crippen molar-refractivity contribution >= 4 is 62.6 Å². The van der Waals surface area contributed by atoms with Gasteiger partial charge in [-0.15, -0.1) is 0 Å². The summed E-state index contributed by atoms with van der Waals surface area (Å²) in [5.41, 5.74) is 0.658. The van der Waals surface area contributed by atoms with Gasteiger partial charge in [-0.1, -0.05) is 18.2 Å². The van der Waals surface area contributed by atoms with Crippen molar-refractivity contribution in [3.8, 4) is 0 Å². The second-order valence-corrected chi connectivity index (χ2v) is 6.07. The van der Waals surface area contributed by atoms with Crippen molar-refractivity contribution in [2.45, 2.75) is 0 Å². The molecule has 0 bridgehead atoms. The number of fused-ring (bicyclic) bond motifs is 1. The molecule has 0 saturated heterocycles. The Kier molecular flexibility index (Phi) is 4.34. The van der Waals surface area contributed by atoms with Gasteiger partial charge in [0.1, 0.15) is 11.4 Å². The van der Waals surface area contributed by atoms with Gasteiger partial charge in [0.15, 0.2) is 10.9 Å². The van der Waals surface area contributed by atoms with Gasteiger partial charge in [0.05, 0.1) is 0 Å². The molecule has 0 aliphatic heterocycles. The van der Waals surface area contributed by atoms with Gasteiger partial charge in [-0.2, -0.15) is 0 Å². The van der Waals surface area contributed by atoms with E-state index in [0.717, 1.165) is 8.96 Å². The van der Waals surface area contributed by atoms with Crippen molar-refractivity contribution in [3.05, 3.63) is 58.0 Å². The van der Waals surface area contributed by atoms with E-state index < -0.39 is 5.91 Å². The predicted octanol–water partition coefficient (Wildman–Crippen LogP) is 3.56. The summed E-state index contributed by atoms with van der Waals surface area (Å²) in [5.74, 6) is 0.371. The number of nitrogens with one attached hydrogen (secondary N) is 2. The second kappa shape index (κ2) is 6.41. The Labute approximate surface area is 145 Å². The van der Waals surface area contributed by atoms with Crippen molar-refractivity contribution in [1.82, 2.24) is 10.3 Å². The lowest BCUT2D eigenvalue weighted by molar-refractivity contribution is 0.0953. The molecule has 2 N–H and O–H groups in total. The van der Waals surface area contributed by atoms with Crippen molar-refractivity contribution in [2.24, 2.45) is 0 Å². The number of hydrogen-bond donors (Lipinski definition) is 2. The zero-order valence-electron chi connectivity index (χ0n) is 11.2. The number of pyridine rings is 1. The number of para-hydroxylation sites is 1. The highest BCUT2D eigenvalue weighted by Gasteiger charge is 2.13. The first-order valence-corrected chi connectivity index (χ1v) is 7.83. The van der Waals surface area contributed by atoms with Crippen LogP contribution in [-0.2, 0) is 0 Å². The van der Waals surface area contributed by atoms with Crippen molar-refractivity contribution in [3.63, 3.8) is 0 Å². The fraction of sp³-hybridized carbons (Fsp3) is 0. The van der Waals surface area contributed by atoms with Gasteiger partial charge in [0, 0.05) is 15.2 Å². The van der Waals surface area contributed by atoms with Crippen LogP contribution in [0.5, 0.6) is 0 Å². The number of carbonyl (C=O) groups excluding carboxylic acids is 1. The molecule has 0 radical (unpaired) electrons. The Morgan fingerprint density at radius 1 is 1.23 bits per heavy atom. The topological polar surface area (TPSA) is 67.2 Å². The van der Waals surface area contributed by atoms with Crippen LogP contribution in [0.1, 0.15) is 10.6 Å². The van der Waals surface area contributed by atoms with Gasteiger partial charge in [-0.05, 0) is 59.1 Å². The van der Waals surface area contributed by atoms with Crippen LogP contribution in [0.15, 0.2) is 53.1 Å². The summed E-state index contributed by atoms with van der Waals surface area (Å²) in [4.78, 5) is 16.3. The number of rotatable bonds is 2. The number of thiocarbonyl (C=S) groups is 1. The van der Waals surface area contributed by atoms with Crippen LogP contribution in [0, 0.1) is 3.57 Å². The first-order chi connectivity index (χ1) is 10.6. The van der Waals surface area contributed by atoms with Crippen molar-refractivity contribution in [2.75, 3.05) is 5.32 Å². The third-order valence-electron chi connectivity index (χ3n) is 2.85. The molecule has 1 aromatic carbocycles. The highest BCUT2D eigenvalue weighted by molar-refractivity contribution is 14.1. The minimum Gasteiger partial charge on any atom is -0.451 e. The summed E-state index contributed by atoms with van der Waals surface area (Å²) in [7, 11) is 0. The molecule has 3 rings (SSSR count). The van der Waals surface area contributed by atoms with Gasteiger partial charge in [-0.25, -0.2) is 4.98 Å². The number of aromatic nitrogens is 1. The zero-order valence-corrected chi connectivity index (χ0v) is 14.1. The van der Waals surface area contributed by atoms with E-state index in [2.05, 4.69) is 38.2 Å². The molecule has 110 valence electrons. The third kappa shape index (κ3) is 3.42. The van der Waals surface area contributed by atoms with Crippen LogP contribution in [-0.4, -0.2) is 16.0 Å². The van der Waals surface area contributed by atoms with E-state index in [1.807, 2.05) is 24.3 Å². The fourth-order valence-electron chi connectivity index (χ4n) is 1.86. The molecular formula is C15H10IN3O2S. The van der Waals surface area contributed by atoms with E-state index in [0.29, 0.717) is 11.4 Å². The molecule has 0 spiro atoms. The monoisotopic (exact) mass is 423 g/mol. The fourth-order valence-corrected chi connectivity index (χ4v) is 2.37. The highest BCUT2D eigenvalue weighted by Crippen LogP contribution is 2.18. The number of benzene rings is 1. The van der Waals surface area contributed by atoms with E-state index >= 15 is 0 Å². The predicted molar refractivity (Wildman–Crippen MR) is 96.9 cm³/mol. The Hall–Kier alpha value is -2.00. The maximum Gasteiger partial charge on any atom is 0.293 e. The lowest BCUT2D eigenvalue weighted by Gasteiger charge is -2.07. The van der Waals surface area contributed by atoms with Crippen LogP contribution in [0.2, 0.25) is 0 Å². The van der Waals surface area contributed by atoms with Crippen molar-refractivity contribution < 1.29 is 9.21 Å². The van der Waals surface area contributed by atoms with Crippen LogP contribution >= 0.6 is 34.8 Å². The molecule has 2 heterocycles. The van der Waals surface area contributed by atoms with E-state index in [-0.39, 0.29) is 10.9 Å². The van der Waals surface area contributed by atoms with Crippen LogP contribution in [0.4, 0.5) is 5.82 Å². The zero-order chi connectivity index (χ0) is 15.5. The van der Waals surface area contributed by atoms with Gasteiger partial charge in [-0.3, -0.25) is 10.1 Å². The largest absolute Gasteiger partial charge is 0.451 e. The normalized spacial score (nSPS) is 10.4. The smallest absolute Gasteiger partial charge is 0.293 e. The SMILES string of the molecule is O=C(NC(=S)Nc1ccc(I)cn1)c1cc2ccccc2o1. The molecule has 2 aromatic heterocycles. The molecule has 0 unspecified atom stereocenters. The number of anilines is 1. The van der Waals surface area contributed by atoms with E-state index in [1.165, 1.54) is 0 Å². The lowest BCUT2D eigenvalue weighted by Crippen LogP contribution is -2.34. The lowest BCUT2D eigenvalue weighted by atomic mass is 10.2. The van der Waals surface area contributed by atoms with Crippen molar-refractivity contribution in [1.29, 1.82) is 0 Å². The molecule has 22 heavy (non-hydrogen) atoms. The summed E-state index contributed by atoms with van der Waals surface area (Å²) in [5, 5.41) is 6.45. The quantitative estimate of drug-likeness (QED) is 0.488. The minimum absolute atomic E-state index is 0.166. The molecule has 0 atom stereocenters. The maximum atomic E-state index is 12.1. The minimum atomic E-state index is -0.404. The molecule has 1 amide bonds. The number of furan rings is 1. The Morgan fingerprint density at radius 2 is 2.05 bits per heavy atom.